The number of hydrogen-bond acceptors (Lipinski definition) is 6. The molecule has 0 aromatic carbocycles. The van der Waals surface area contributed by atoms with Crippen molar-refractivity contribution < 1.29 is 66.1 Å². The molecule has 6 nitrogen and oxygen atoms in total. The van der Waals surface area contributed by atoms with Gasteiger partial charge in [0.25, 0.3) is 0 Å². The average molecular weight is 490 g/mol. The van der Waals surface area contributed by atoms with Crippen LogP contribution in [0.15, 0.2) is 0 Å². The van der Waals surface area contributed by atoms with E-state index in [0.29, 0.717) is 21.3 Å². The van der Waals surface area contributed by atoms with E-state index in [4.69, 9.17) is 13.3 Å². The predicted molar refractivity (Wildman–Crippen MR) is 85.1 cm³/mol. The van der Waals surface area contributed by atoms with Crippen LogP contribution in [0.4, 0.5) is 39.5 Å². The van der Waals surface area contributed by atoms with Gasteiger partial charge in [-0.25, -0.2) is 0 Å². The number of rotatable bonds is 11. The van der Waals surface area contributed by atoms with Gasteiger partial charge in [-0.2, -0.15) is 39.5 Å². The molecule has 0 aliphatic rings. The van der Waals surface area contributed by atoms with Crippen molar-refractivity contribution in [3.63, 3.8) is 0 Å². The second kappa shape index (κ2) is 11.8. The summed E-state index contributed by atoms with van der Waals surface area (Å²) in [6, 6.07) is 0. The highest BCUT2D eigenvalue weighted by Gasteiger charge is 2.83. The van der Waals surface area contributed by atoms with Crippen molar-refractivity contribution in [2.75, 3.05) is 42.7 Å². The van der Waals surface area contributed by atoms with Crippen molar-refractivity contribution in [3.8, 4) is 0 Å². The van der Waals surface area contributed by atoms with E-state index in [9.17, 15) is 39.5 Å². The number of halogens is 9. The third kappa shape index (κ3) is 7.64. The summed E-state index contributed by atoms with van der Waals surface area (Å²) in [4.78, 5) is 0. The summed E-state index contributed by atoms with van der Waals surface area (Å²) >= 11 is 0. The van der Waals surface area contributed by atoms with E-state index in [-0.39, 0.29) is 0 Å². The zero-order valence-corrected chi connectivity index (χ0v) is 18.5. The first-order valence-electron chi connectivity index (χ1n) is 7.43. The van der Waals surface area contributed by atoms with Crippen LogP contribution in [0, 0.1) is 0 Å². The van der Waals surface area contributed by atoms with Gasteiger partial charge in [0.1, 0.15) is 0 Å². The summed E-state index contributed by atoms with van der Waals surface area (Å²) < 4.78 is 143. The van der Waals surface area contributed by atoms with Gasteiger partial charge in [0.2, 0.25) is 0 Å². The normalized spacial score (nSPS) is 14.1. The summed E-state index contributed by atoms with van der Waals surface area (Å²) in [7, 11) is -1.15. The lowest BCUT2D eigenvalue weighted by Gasteiger charge is -2.39. The standard InChI is InChI=1S/C9H13F9O3Si.C3H10O3Si/c1-19-22(20-2,21-3)9(17,18)8(15,16)6(10,11)4-5-7(12,13)14;1-4-7(5-2)6-3/h4-5H2,1-3H3;7H,1-3H3. The number of alkyl halides is 9. The van der Waals surface area contributed by atoms with Gasteiger partial charge in [0.05, 0.1) is 0 Å². The van der Waals surface area contributed by atoms with E-state index in [1.165, 1.54) is 0 Å². The van der Waals surface area contributed by atoms with E-state index in [1.807, 2.05) is 0 Å². The molecule has 0 fully saturated rings. The molecule has 0 heterocycles. The van der Waals surface area contributed by atoms with Crippen LogP contribution in [0.5, 0.6) is 0 Å². The molecule has 17 heteroatoms. The molecule has 178 valence electrons. The first-order chi connectivity index (χ1) is 13.0. The van der Waals surface area contributed by atoms with Crippen LogP contribution in [-0.4, -0.2) is 84.6 Å². The van der Waals surface area contributed by atoms with E-state index in [2.05, 4.69) is 13.3 Å². The molecule has 0 radical (unpaired) electrons. The lowest BCUT2D eigenvalue weighted by molar-refractivity contribution is -0.303. The Bertz CT molecular complexity index is 446. The van der Waals surface area contributed by atoms with Crippen molar-refractivity contribution in [1.82, 2.24) is 0 Å². The molecule has 0 unspecified atom stereocenters. The Labute approximate surface area is 164 Å². The van der Waals surface area contributed by atoms with E-state index >= 15 is 0 Å². The molecule has 0 aromatic rings. The third-order valence-electron chi connectivity index (χ3n) is 3.34. The largest absolute Gasteiger partial charge is 0.581 e. The smallest absolute Gasteiger partial charge is 0.379 e. The molecular weight excluding hydrogens is 467 g/mol. The van der Waals surface area contributed by atoms with Crippen LogP contribution < -0.4 is 0 Å². The summed E-state index contributed by atoms with van der Waals surface area (Å²) in [6.45, 7) is 0. The van der Waals surface area contributed by atoms with Gasteiger partial charge in [0, 0.05) is 55.5 Å². The van der Waals surface area contributed by atoms with Gasteiger partial charge in [-0.3, -0.25) is 0 Å². The minimum absolute atomic E-state index is 0.469. The minimum Gasteiger partial charge on any atom is -0.379 e. The highest BCUT2D eigenvalue weighted by atomic mass is 28.4. The Kier molecular flexibility index (Phi) is 12.5. The molecule has 29 heavy (non-hydrogen) atoms. The molecule has 0 rings (SSSR count). The Morgan fingerprint density at radius 3 is 1.17 bits per heavy atom. The van der Waals surface area contributed by atoms with Crippen molar-refractivity contribution in [2.45, 2.75) is 36.4 Å². The summed E-state index contributed by atoms with van der Waals surface area (Å²) in [5, 5.41) is 0. The van der Waals surface area contributed by atoms with Crippen molar-refractivity contribution in [1.29, 1.82) is 0 Å². The van der Waals surface area contributed by atoms with Crippen LogP contribution in [0.1, 0.15) is 12.8 Å². The monoisotopic (exact) mass is 490 g/mol. The van der Waals surface area contributed by atoms with E-state index in [0.717, 1.165) is 0 Å². The lowest BCUT2D eigenvalue weighted by Crippen LogP contribution is -2.71. The summed E-state index contributed by atoms with van der Waals surface area (Å²) in [5.74, 6) is -11.8. The Hall–Kier alpha value is -0.436. The van der Waals surface area contributed by atoms with Gasteiger partial charge in [-0.15, -0.1) is 0 Å². The third-order valence-corrected chi connectivity index (χ3v) is 7.19. The van der Waals surface area contributed by atoms with E-state index < -0.39 is 54.7 Å². The Morgan fingerprint density at radius 2 is 0.966 bits per heavy atom. The van der Waals surface area contributed by atoms with Crippen molar-refractivity contribution in [2.24, 2.45) is 0 Å². The highest BCUT2D eigenvalue weighted by molar-refractivity contribution is 6.63. The zero-order chi connectivity index (χ0) is 23.7. The first kappa shape index (κ1) is 30.8. The van der Waals surface area contributed by atoms with Crippen LogP contribution in [0.25, 0.3) is 0 Å². The maximum atomic E-state index is 13.8. The van der Waals surface area contributed by atoms with Gasteiger partial charge >= 0.3 is 41.9 Å². The quantitative estimate of drug-likeness (QED) is 0.327. The van der Waals surface area contributed by atoms with Crippen LogP contribution in [0.3, 0.4) is 0 Å². The molecule has 0 amide bonds. The fourth-order valence-corrected chi connectivity index (χ4v) is 4.21. The van der Waals surface area contributed by atoms with Gasteiger partial charge in [-0.05, 0) is 0 Å². The van der Waals surface area contributed by atoms with Crippen LogP contribution in [0.2, 0.25) is 0 Å². The minimum atomic E-state index is -6.18. The Morgan fingerprint density at radius 1 is 0.621 bits per heavy atom. The van der Waals surface area contributed by atoms with Crippen LogP contribution >= 0.6 is 0 Å². The van der Waals surface area contributed by atoms with Gasteiger partial charge in [0.15, 0.2) is 0 Å². The second-order valence-electron chi connectivity index (χ2n) is 5.13. The maximum absolute atomic E-state index is 13.8. The van der Waals surface area contributed by atoms with Crippen molar-refractivity contribution in [3.05, 3.63) is 0 Å². The zero-order valence-electron chi connectivity index (χ0n) is 16.3. The SMILES string of the molecule is CO[SiH](OC)OC.CO[Si](OC)(OC)C(F)(F)C(F)(F)C(F)(F)CCC(F)(F)F. The predicted octanol–water partition coefficient (Wildman–Crippen LogP) is 3.29. The molecule has 0 spiro atoms. The Balaban J connectivity index is 0. The maximum Gasteiger partial charge on any atom is 0.581 e. The molecule has 0 aromatic heterocycles. The van der Waals surface area contributed by atoms with Crippen molar-refractivity contribution >= 4 is 18.3 Å². The number of hydrogen-bond donors (Lipinski definition) is 0. The fourth-order valence-electron chi connectivity index (χ4n) is 1.80. The van der Waals surface area contributed by atoms with E-state index in [1.54, 1.807) is 21.3 Å². The summed E-state index contributed by atoms with van der Waals surface area (Å²) in [5.41, 5.74) is -5.66. The fraction of sp³-hybridized carbons (Fsp3) is 1.00. The topological polar surface area (TPSA) is 55.4 Å². The first-order valence-corrected chi connectivity index (χ1v) is 10.6. The molecule has 0 atom stereocenters. The lowest BCUT2D eigenvalue weighted by atomic mass is 10.1. The highest BCUT2D eigenvalue weighted by Crippen LogP contribution is 2.52. The van der Waals surface area contributed by atoms with Gasteiger partial charge in [-0.1, -0.05) is 0 Å². The summed E-state index contributed by atoms with van der Waals surface area (Å²) in [6.07, 6.45) is -10.1. The van der Waals surface area contributed by atoms with Crippen LogP contribution in [-0.2, 0) is 26.6 Å². The molecule has 0 saturated carbocycles. The molecule has 0 aliphatic carbocycles. The molecule has 0 saturated heterocycles. The molecule has 0 N–H and O–H groups in total. The molecule has 0 bridgehead atoms. The average Bonchev–Trinajstić information content (AvgIpc) is 2.63. The van der Waals surface area contributed by atoms with Gasteiger partial charge < -0.3 is 26.6 Å². The molecule has 0 aliphatic heterocycles. The molecular formula is C12H23F9O6Si2. The second-order valence-corrected chi connectivity index (χ2v) is 10.1.